The molecule has 2 aromatic rings. The normalized spacial score (nSPS) is 13.0. The average molecular weight is 305 g/mol. The van der Waals surface area contributed by atoms with E-state index in [-0.39, 0.29) is 0 Å². The summed E-state index contributed by atoms with van der Waals surface area (Å²) in [5, 5.41) is 0. The van der Waals surface area contributed by atoms with Gasteiger partial charge in [-0.15, -0.1) is 0 Å². The summed E-state index contributed by atoms with van der Waals surface area (Å²) in [5.74, 6) is 0. The van der Waals surface area contributed by atoms with Crippen molar-refractivity contribution in [1.82, 2.24) is 9.88 Å². The molecule has 0 unspecified atom stereocenters. The van der Waals surface area contributed by atoms with Crippen molar-refractivity contribution >= 4 is 12.3 Å². The summed E-state index contributed by atoms with van der Waals surface area (Å²) in [5.41, 5.74) is 6.16. The second-order valence-corrected chi connectivity index (χ2v) is 5.57. The summed E-state index contributed by atoms with van der Waals surface area (Å²) >= 11 is 0. The molecule has 0 fully saturated rings. The number of nitrogens with zero attached hydrogens (tertiary/aromatic N) is 3. The molecule has 1 aliphatic heterocycles. The minimum Gasteiger partial charge on any atom is -0.376 e. The van der Waals surface area contributed by atoms with Crippen LogP contribution in [-0.4, -0.2) is 37.2 Å². The average Bonchev–Trinajstić information content (AvgIpc) is 2.56. The molecular formula is C20H23N3. The number of aromatic nitrogens is 1. The van der Waals surface area contributed by atoms with E-state index in [0.717, 1.165) is 12.1 Å². The van der Waals surface area contributed by atoms with Crippen LogP contribution in [0.25, 0.3) is 16.7 Å². The topological polar surface area (TPSA) is 28.5 Å². The van der Waals surface area contributed by atoms with E-state index in [1.807, 2.05) is 18.5 Å². The van der Waals surface area contributed by atoms with Gasteiger partial charge in [-0.05, 0) is 48.0 Å². The van der Waals surface area contributed by atoms with Crippen LogP contribution in [0.1, 0.15) is 11.1 Å². The van der Waals surface area contributed by atoms with Crippen molar-refractivity contribution in [3.05, 3.63) is 72.2 Å². The maximum absolute atomic E-state index is 4.21. The number of rotatable bonds is 2. The van der Waals surface area contributed by atoms with Gasteiger partial charge in [0.1, 0.15) is 0 Å². The van der Waals surface area contributed by atoms with Crippen LogP contribution >= 0.6 is 0 Å². The second-order valence-electron chi connectivity index (χ2n) is 5.57. The Hall–Kier alpha value is -2.68. The van der Waals surface area contributed by atoms with Crippen molar-refractivity contribution in [2.45, 2.75) is 6.92 Å². The Morgan fingerprint density at radius 2 is 1.91 bits per heavy atom. The van der Waals surface area contributed by atoms with Crippen molar-refractivity contribution in [3.8, 4) is 11.1 Å². The van der Waals surface area contributed by atoms with Crippen LogP contribution in [0.2, 0.25) is 0 Å². The fourth-order valence-corrected chi connectivity index (χ4v) is 2.50. The third-order valence-corrected chi connectivity index (χ3v) is 3.46. The number of aryl methyl sites for hydroxylation is 1. The van der Waals surface area contributed by atoms with Crippen LogP contribution in [0.5, 0.6) is 0 Å². The quantitative estimate of drug-likeness (QED) is 0.777. The van der Waals surface area contributed by atoms with Gasteiger partial charge in [-0.1, -0.05) is 30.4 Å². The SMILES string of the molecule is C=NC.Cc1cc(C2=CN(C)CC=C2)cc(-c2cccnc2)c1. The molecule has 0 amide bonds. The van der Waals surface area contributed by atoms with Crippen LogP contribution in [0, 0.1) is 6.92 Å². The molecule has 0 saturated carbocycles. The van der Waals surface area contributed by atoms with E-state index in [2.05, 4.69) is 78.2 Å². The molecule has 23 heavy (non-hydrogen) atoms. The summed E-state index contributed by atoms with van der Waals surface area (Å²) in [6.45, 7) is 6.23. The summed E-state index contributed by atoms with van der Waals surface area (Å²) < 4.78 is 0. The summed E-state index contributed by atoms with van der Waals surface area (Å²) in [6, 6.07) is 10.7. The minimum atomic E-state index is 0.977. The van der Waals surface area contributed by atoms with E-state index in [4.69, 9.17) is 0 Å². The molecule has 118 valence electrons. The maximum Gasteiger partial charge on any atom is 0.0354 e. The number of aliphatic imine (C=N–C) groups is 1. The molecule has 0 saturated heterocycles. The smallest absolute Gasteiger partial charge is 0.0354 e. The number of hydrogen-bond acceptors (Lipinski definition) is 3. The minimum absolute atomic E-state index is 0.977. The molecule has 0 N–H and O–H groups in total. The lowest BCUT2D eigenvalue weighted by atomic mass is 9.96. The molecule has 2 heterocycles. The van der Waals surface area contributed by atoms with Gasteiger partial charge in [0.2, 0.25) is 0 Å². The van der Waals surface area contributed by atoms with Crippen LogP contribution in [-0.2, 0) is 0 Å². The third-order valence-electron chi connectivity index (χ3n) is 3.46. The van der Waals surface area contributed by atoms with Gasteiger partial charge >= 0.3 is 0 Å². The van der Waals surface area contributed by atoms with Crippen molar-refractivity contribution < 1.29 is 0 Å². The van der Waals surface area contributed by atoms with Crippen LogP contribution in [0.3, 0.4) is 0 Å². The van der Waals surface area contributed by atoms with E-state index in [1.165, 1.54) is 22.3 Å². The fourth-order valence-electron chi connectivity index (χ4n) is 2.50. The molecule has 0 bridgehead atoms. The number of likely N-dealkylation sites (N-methyl/N-ethyl adjacent to an activating group) is 1. The Morgan fingerprint density at radius 1 is 1.17 bits per heavy atom. The summed E-state index contributed by atoms with van der Waals surface area (Å²) in [7, 11) is 3.74. The van der Waals surface area contributed by atoms with Gasteiger partial charge in [0.05, 0.1) is 0 Å². The van der Waals surface area contributed by atoms with Gasteiger partial charge in [0.15, 0.2) is 0 Å². The Balaban J connectivity index is 0.000000595. The Kier molecular flexibility index (Phi) is 5.87. The van der Waals surface area contributed by atoms with E-state index in [9.17, 15) is 0 Å². The van der Waals surface area contributed by atoms with Gasteiger partial charge in [0.25, 0.3) is 0 Å². The standard InChI is InChI=1S/C18H18N2.C2H5N/c1-14-9-17(15-5-3-7-19-12-15)11-18(10-14)16-6-4-8-20(2)13-16;1-3-2/h3-7,9-13H,8H2,1-2H3;1H2,2H3. The zero-order valence-electron chi connectivity index (χ0n) is 14.0. The highest BCUT2D eigenvalue weighted by Gasteiger charge is 2.07. The predicted octanol–water partition coefficient (Wildman–Crippen LogP) is 4.22. The van der Waals surface area contributed by atoms with Crippen LogP contribution in [0.4, 0.5) is 0 Å². The molecule has 0 radical (unpaired) electrons. The number of pyridine rings is 1. The highest BCUT2D eigenvalue weighted by atomic mass is 15.1. The maximum atomic E-state index is 4.21. The van der Waals surface area contributed by atoms with Crippen LogP contribution < -0.4 is 0 Å². The van der Waals surface area contributed by atoms with E-state index < -0.39 is 0 Å². The highest BCUT2D eigenvalue weighted by molar-refractivity contribution is 5.78. The van der Waals surface area contributed by atoms with E-state index in [0.29, 0.717) is 0 Å². The number of allylic oxidation sites excluding steroid dienone is 2. The van der Waals surface area contributed by atoms with Crippen molar-refractivity contribution in [3.63, 3.8) is 0 Å². The largest absolute Gasteiger partial charge is 0.376 e. The summed E-state index contributed by atoms with van der Waals surface area (Å²) in [4.78, 5) is 9.65. The second kappa shape index (κ2) is 8.08. The van der Waals surface area contributed by atoms with Gasteiger partial charge in [0, 0.05) is 44.8 Å². The Morgan fingerprint density at radius 3 is 2.57 bits per heavy atom. The first-order valence-corrected chi connectivity index (χ1v) is 7.60. The molecule has 0 aliphatic carbocycles. The molecule has 3 heteroatoms. The molecule has 1 aromatic heterocycles. The lowest BCUT2D eigenvalue weighted by Crippen LogP contribution is -2.13. The van der Waals surface area contributed by atoms with Gasteiger partial charge < -0.3 is 9.89 Å². The molecular weight excluding hydrogens is 282 g/mol. The highest BCUT2D eigenvalue weighted by Crippen LogP contribution is 2.27. The zero-order valence-corrected chi connectivity index (χ0v) is 14.0. The Bertz CT molecular complexity index is 715. The number of hydrogen-bond donors (Lipinski definition) is 0. The van der Waals surface area contributed by atoms with Gasteiger partial charge in [-0.2, -0.15) is 0 Å². The lowest BCUT2D eigenvalue weighted by Gasteiger charge is -2.18. The first-order valence-electron chi connectivity index (χ1n) is 7.60. The summed E-state index contributed by atoms with van der Waals surface area (Å²) in [6.07, 6.45) is 10.3. The molecule has 0 atom stereocenters. The number of benzene rings is 1. The zero-order chi connectivity index (χ0) is 16.7. The van der Waals surface area contributed by atoms with Gasteiger partial charge in [-0.25, -0.2) is 0 Å². The molecule has 3 rings (SSSR count). The van der Waals surface area contributed by atoms with Gasteiger partial charge in [-0.3, -0.25) is 4.98 Å². The predicted molar refractivity (Wildman–Crippen MR) is 99.6 cm³/mol. The van der Waals surface area contributed by atoms with E-state index >= 15 is 0 Å². The first-order chi connectivity index (χ1) is 11.1. The van der Waals surface area contributed by atoms with E-state index in [1.54, 1.807) is 7.05 Å². The molecule has 1 aliphatic rings. The molecule has 1 aromatic carbocycles. The fraction of sp³-hybridized carbons (Fsp3) is 0.200. The molecule has 0 spiro atoms. The van der Waals surface area contributed by atoms with Crippen LogP contribution in [0.15, 0.2) is 66.1 Å². The van der Waals surface area contributed by atoms with Crippen molar-refractivity contribution in [2.24, 2.45) is 4.99 Å². The molecule has 3 nitrogen and oxygen atoms in total. The Labute approximate surface area is 138 Å². The first kappa shape index (κ1) is 16.7. The third kappa shape index (κ3) is 4.65. The lowest BCUT2D eigenvalue weighted by molar-refractivity contribution is 0.507. The van der Waals surface area contributed by atoms with Crippen molar-refractivity contribution in [1.29, 1.82) is 0 Å². The monoisotopic (exact) mass is 305 g/mol. The van der Waals surface area contributed by atoms with Crippen molar-refractivity contribution in [2.75, 3.05) is 20.6 Å².